The molecule has 0 unspecified atom stereocenters. The molecule has 0 saturated heterocycles. The third kappa shape index (κ3) is 14.4. The Bertz CT molecular complexity index is 4950. The standard InChI is InChI=1S/C24H26N3O8.C24H24N3O7.C22H24N3O6.C5H10O4.3Y/c1-8-5-13(26-9(2)28)18(29)15-11(8)6-10-7-12-17(27(3)4)20(31)16(23(25)34)22(33)24(12,35)21(32)14(10)19(15)30;1-8-5-13-20(34-9(2)26-13)15-11(8)6-10-7-12-17(27(3)4)19(29)16(23(25)32)22(31)24(12,33)21(30)14(10)18(15)28;1-8-4-10(23)7-12-11(8)5-9-6-13-16(25(2)3)18(27)15(21(24)30)20(29)22(13,31)19(28)14(9)17(12)26;1-7-5(4-6,8-2)9-3;;;/h10,12,17,29-30,33,35H,6-7H2,1-4H3,(H2,25,34)(H,26,28);10,12,17,28,31,33H,6-7H2,1-4H3,(H2,25,32);7,9,13,16,26,29,31H,5-6,23H2,1-3H3,(H2,24,30);4H,1-3H3;;;/q3*-1;;;;/p+1/t2*10-,12-,17-,24-;9-,13-,16-,22-;;;;/m000..../s1. The van der Waals surface area contributed by atoms with E-state index in [1.165, 1.54) is 63.1 Å². The SMILES string of the molecule is CC(=O)Nc1[c-]c(C)c2c(c1O)C(O)=C1C(=O)[C@]3(O)C(O)=C(C(N)=O)C(=O)[C@@H](N(C)C)[C@@H]3C[C@@H]1C2.COC(C=O)(OC)OC.Cc1[c-]c(N)cc2c1C[C@H]1C[C@H]3[C@H](N(C)C)C(=O)C(C(N)=O)=C(O)[C@@]3(O)C(=O)C1=C2O.Cc1nc2[c-]c(C)c3c(c2o1)C(O)=C1C(=O)[C@]2(O)C(O)=C(C(N)=O)C(=O)[C@@H](N(C)C)[C@@H]2C[C@@H]1C3.[H+].[Y].[Y].[Y]. The van der Waals surface area contributed by atoms with E-state index in [1.807, 2.05) is 6.92 Å². The van der Waals surface area contributed by atoms with E-state index >= 15 is 0 Å². The molecule has 1 aromatic heterocycles. The fourth-order valence-corrected chi connectivity index (χ4v) is 17.4. The van der Waals surface area contributed by atoms with Crippen molar-refractivity contribution in [3.05, 3.63) is 131 Å². The number of hydrogen-bond acceptors (Lipinski definition) is 30. The van der Waals surface area contributed by atoms with Crippen molar-refractivity contribution in [2.75, 3.05) is 74.7 Å². The molecule has 37 heteroatoms. The molecule has 9 aliphatic carbocycles. The van der Waals surface area contributed by atoms with Crippen molar-refractivity contribution in [1.29, 1.82) is 0 Å². The zero-order valence-corrected chi connectivity index (χ0v) is 72.0. The maximum absolute atomic E-state index is 13.8. The molecule has 0 aliphatic heterocycles. The van der Waals surface area contributed by atoms with E-state index in [9.17, 15) is 104 Å². The number of primary amides is 3. The van der Waals surface area contributed by atoms with Crippen LogP contribution in [0.4, 0.5) is 11.4 Å². The van der Waals surface area contributed by atoms with Crippen molar-refractivity contribution in [3.63, 3.8) is 0 Å². The Morgan fingerprint density at radius 3 is 1.25 bits per heavy atom. The number of benzene rings is 3. The topological polar surface area (TPSA) is 570 Å². The first kappa shape index (κ1) is 91.7. The Morgan fingerprint density at radius 1 is 0.571 bits per heavy atom. The smallest absolute Gasteiger partial charge is 0.563 e. The number of amides is 4. The number of aryl methyl sites for hydroxylation is 4. The molecule has 3 saturated carbocycles. The fraction of sp³-hybridized carbons (Fsp3) is 0.440. The number of nitrogens with two attached hydrogens (primary N) is 4. The van der Waals surface area contributed by atoms with Gasteiger partial charge in [-0.2, -0.15) is 28.8 Å². The van der Waals surface area contributed by atoms with E-state index in [2.05, 4.69) is 42.7 Å². The normalized spacial score (nSPS) is 26.8. The summed E-state index contributed by atoms with van der Waals surface area (Å²) in [5, 5.41) is 114. The number of anilines is 2. The predicted molar refractivity (Wildman–Crippen MR) is 382 cm³/mol. The van der Waals surface area contributed by atoms with Crippen molar-refractivity contribution in [1.82, 2.24) is 19.7 Å². The van der Waals surface area contributed by atoms with Crippen LogP contribution >= 0.6 is 0 Å². The predicted octanol–water partition coefficient (Wildman–Crippen LogP) is 0.680. The van der Waals surface area contributed by atoms with Gasteiger partial charge in [-0.1, -0.05) is 51.3 Å². The molecule has 3 aromatic carbocycles. The minimum atomic E-state index is -2.70. The van der Waals surface area contributed by atoms with E-state index in [0.717, 1.165) is 22.3 Å². The number of oxazole rings is 1. The van der Waals surface area contributed by atoms with Gasteiger partial charge in [0.1, 0.15) is 51.3 Å². The number of Topliss-reactive ketones (excluding diaryl/α,β-unsaturated/α-hetero) is 6. The van der Waals surface area contributed by atoms with Crippen molar-refractivity contribution in [3.8, 4) is 5.75 Å². The number of fused-ring (bicyclic) bond motifs is 11. The average molecular weight is 1780 g/mol. The summed E-state index contributed by atoms with van der Waals surface area (Å²) in [7, 11) is 13.3. The van der Waals surface area contributed by atoms with E-state index in [0.29, 0.717) is 52.8 Å². The van der Waals surface area contributed by atoms with Crippen molar-refractivity contribution >= 4 is 104 Å². The van der Waals surface area contributed by atoms with E-state index in [4.69, 9.17) is 27.4 Å². The van der Waals surface area contributed by atoms with Gasteiger partial charge in [0.15, 0.2) is 40.0 Å². The second kappa shape index (κ2) is 33.4. The number of phenols is 1. The van der Waals surface area contributed by atoms with Crippen LogP contribution in [0, 0.1) is 81.4 Å². The van der Waals surface area contributed by atoms with Crippen LogP contribution in [0.3, 0.4) is 0 Å². The molecular weight excluding hydrogens is 1690 g/mol. The molecule has 3 radical (unpaired) electrons. The number of rotatable bonds is 11. The second-order valence-corrected chi connectivity index (χ2v) is 29.0. The molecule has 112 heavy (non-hydrogen) atoms. The molecule has 591 valence electrons. The van der Waals surface area contributed by atoms with Gasteiger partial charge < -0.3 is 97.9 Å². The molecular formula is C75H85N9O25Y3-2. The van der Waals surface area contributed by atoms with Crippen molar-refractivity contribution < 1.29 is 222 Å². The summed E-state index contributed by atoms with van der Waals surface area (Å²) in [5.41, 5.74) is 16.5. The van der Waals surface area contributed by atoms with Crippen molar-refractivity contribution in [2.24, 2.45) is 52.7 Å². The van der Waals surface area contributed by atoms with Gasteiger partial charge in [0.05, 0.1) is 23.7 Å². The van der Waals surface area contributed by atoms with Crippen LogP contribution in [0.15, 0.2) is 61.2 Å². The number of aliphatic hydroxyl groups excluding tert-OH is 6. The first-order valence-electron chi connectivity index (χ1n) is 34.0. The van der Waals surface area contributed by atoms with Crippen LogP contribution in [0.2, 0.25) is 0 Å². The van der Waals surface area contributed by atoms with Crippen LogP contribution in [-0.2, 0) is 184 Å². The maximum atomic E-state index is 13.8. The monoisotopic (exact) mass is 1780 g/mol. The minimum Gasteiger partial charge on any atom is -0.563 e. The Morgan fingerprint density at radius 2 is 0.911 bits per heavy atom. The third-order valence-corrected chi connectivity index (χ3v) is 22.2. The number of aliphatic hydroxyl groups is 9. The van der Waals surface area contributed by atoms with Gasteiger partial charge in [-0.15, -0.1) is 28.8 Å². The molecule has 0 spiro atoms. The van der Waals surface area contributed by atoms with Gasteiger partial charge >= 0.3 is 7.40 Å². The number of aldehydes is 1. The van der Waals surface area contributed by atoms with Crippen LogP contribution in [-0.4, -0.2) is 240 Å². The van der Waals surface area contributed by atoms with Gasteiger partial charge in [0, 0.05) is 174 Å². The summed E-state index contributed by atoms with van der Waals surface area (Å²) in [6, 6.07) is 7.25. The first-order chi connectivity index (χ1) is 50.8. The summed E-state index contributed by atoms with van der Waals surface area (Å²) >= 11 is 0. The molecule has 3 fully saturated rings. The molecule has 13 rings (SSSR count). The Labute approximate surface area is 717 Å². The third-order valence-electron chi connectivity index (χ3n) is 22.2. The molecule has 1 heterocycles. The molecule has 9 aliphatic rings. The number of nitrogens with one attached hydrogen (secondary N) is 1. The molecule has 4 amide bonds. The second-order valence-electron chi connectivity index (χ2n) is 29.0. The number of nitrogens with zero attached hydrogens (tertiary/aromatic N) is 4. The van der Waals surface area contributed by atoms with Gasteiger partial charge in [-0.05, 0) is 102 Å². The quantitative estimate of drug-likeness (QED) is 0.0245. The van der Waals surface area contributed by atoms with Gasteiger partial charge in [-0.25, -0.2) is 4.98 Å². The van der Waals surface area contributed by atoms with Crippen LogP contribution in [0.1, 0.15) is 83.6 Å². The molecule has 34 nitrogen and oxygen atoms in total. The average Bonchev–Trinajstić information content (AvgIpc) is 0.835. The number of ether oxygens (including phenoxy) is 3. The number of phenolic OH excluding ortho intramolecular Hbond substituents is 1. The van der Waals surface area contributed by atoms with E-state index < -0.39 is 180 Å². The summed E-state index contributed by atoms with van der Waals surface area (Å²) in [6.07, 6.45) is 1.51. The minimum absolute atomic E-state index is 0. The summed E-state index contributed by atoms with van der Waals surface area (Å²) in [6.45, 7) is 8.17. The van der Waals surface area contributed by atoms with Crippen LogP contribution < -0.4 is 28.3 Å². The van der Waals surface area contributed by atoms with Crippen LogP contribution in [0.5, 0.6) is 5.75 Å². The zero-order chi connectivity index (χ0) is 81.3. The number of carbonyl (C=O) groups is 11. The number of ketones is 6. The van der Waals surface area contributed by atoms with E-state index in [1.54, 1.807) is 49.0 Å². The Balaban J connectivity index is 0.000000246. The number of likely N-dealkylation sites (N-methyl/N-ethyl adjacent to an activating group) is 3. The number of nitrogen functional groups attached to an aromatic ring is 1. The van der Waals surface area contributed by atoms with Crippen LogP contribution in [0.25, 0.3) is 28.4 Å². The molecule has 4 aromatic rings. The summed E-state index contributed by atoms with van der Waals surface area (Å²) in [5.74, 6) is -20.8. The Kier molecular flexibility index (Phi) is 27.3. The van der Waals surface area contributed by atoms with Gasteiger partial charge in [0.25, 0.3) is 17.7 Å². The molecule has 0 bridgehead atoms. The summed E-state index contributed by atoms with van der Waals surface area (Å²) < 4.78 is 19.4. The van der Waals surface area contributed by atoms with Gasteiger partial charge in [0.2, 0.25) is 29.5 Å². The van der Waals surface area contributed by atoms with E-state index in [-0.39, 0.29) is 176 Å². The molecule has 12 atom stereocenters. The zero-order valence-electron chi connectivity index (χ0n) is 64.5. The largest absolute Gasteiger partial charge is 1.00 e. The fourth-order valence-electron chi connectivity index (χ4n) is 17.4. The number of aromatic nitrogens is 1. The summed E-state index contributed by atoms with van der Waals surface area (Å²) in [4.78, 5) is 147. The number of carbonyl (C=O) groups excluding carboxylic acids is 11. The molecule has 19 N–H and O–H groups in total. The number of aromatic hydroxyl groups is 1. The van der Waals surface area contributed by atoms with Crippen molar-refractivity contribution in [2.45, 2.75) is 114 Å². The first-order valence-corrected chi connectivity index (χ1v) is 34.0. The maximum Gasteiger partial charge on any atom is 1.00 e. The number of methoxy groups -OCH3 is 3. The number of hydrogen-bond donors (Lipinski definition) is 15. The van der Waals surface area contributed by atoms with Gasteiger partial charge in [-0.3, -0.25) is 67.4 Å². The Hall–Kier alpha value is -7.51.